The number of nitrogens with two attached hydrogens (primary N) is 1. The normalized spacial score (nSPS) is 11.3. The Hall–Kier alpha value is -1.43. The molecule has 0 radical (unpaired) electrons. The molecular weight excluding hydrogens is 248 g/mol. The summed E-state index contributed by atoms with van der Waals surface area (Å²) in [6.45, 7) is 5.70. The molecule has 1 amide bonds. The van der Waals surface area contributed by atoms with E-state index >= 15 is 0 Å². The summed E-state index contributed by atoms with van der Waals surface area (Å²) >= 11 is 5.05. The summed E-state index contributed by atoms with van der Waals surface area (Å²) in [7, 11) is 1.78. The average molecular weight is 268 g/mol. The number of amides is 1. The predicted octanol–water partition coefficient (Wildman–Crippen LogP) is 1.76. The number of thiocarbonyl (C=S) groups is 1. The third-order valence-electron chi connectivity index (χ3n) is 3.36. The predicted molar refractivity (Wildman–Crippen MR) is 76.4 cm³/mol. The van der Waals surface area contributed by atoms with Crippen molar-refractivity contribution in [1.29, 1.82) is 0 Å². The Kier molecular flexibility index (Phi) is 4.45. The fourth-order valence-corrected chi connectivity index (χ4v) is 2.38. The standard InChI is InChI=1S/C12H20N4OS/c1-5-12(6-2,10(13)18)11(17)14-9-7-8(3)15-16(9)4/h7H,5-6H2,1-4H3,(H2,13,18)(H,14,17). The molecule has 1 aromatic heterocycles. The molecule has 3 N–H and O–H groups in total. The molecule has 0 unspecified atom stereocenters. The van der Waals surface area contributed by atoms with E-state index in [-0.39, 0.29) is 10.9 Å². The second-order valence-electron chi connectivity index (χ2n) is 4.40. The van der Waals surface area contributed by atoms with E-state index in [1.165, 1.54) is 0 Å². The number of anilines is 1. The van der Waals surface area contributed by atoms with Gasteiger partial charge < -0.3 is 11.1 Å². The first kappa shape index (κ1) is 14.6. The van der Waals surface area contributed by atoms with Crippen LogP contribution in [0.25, 0.3) is 0 Å². The van der Waals surface area contributed by atoms with E-state index in [9.17, 15) is 4.79 Å². The van der Waals surface area contributed by atoms with Crippen LogP contribution in [0.4, 0.5) is 5.82 Å². The van der Waals surface area contributed by atoms with Crippen LogP contribution in [0.15, 0.2) is 6.07 Å². The van der Waals surface area contributed by atoms with Crippen molar-refractivity contribution in [3.05, 3.63) is 11.8 Å². The SMILES string of the molecule is CCC(CC)(C(=O)Nc1cc(C)nn1C)C(N)=S. The Balaban J connectivity index is 2.99. The first-order valence-corrected chi connectivity index (χ1v) is 6.40. The molecule has 1 heterocycles. The van der Waals surface area contributed by atoms with Gasteiger partial charge in [-0.25, -0.2) is 0 Å². The van der Waals surface area contributed by atoms with Crippen LogP contribution < -0.4 is 11.1 Å². The Morgan fingerprint density at radius 1 is 1.56 bits per heavy atom. The molecule has 0 bridgehead atoms. The second-order valence-corrected chi connectivity index (χ2v) is 4.84. The van der Waals surface area contributed by atoms with Crippen molar-refractivity contribution in [3.8, 4) is 0 Å². The van der Waals surface area contributed by atoms with Crippen LogP contribution in [0.1, 0.15) is 32.4 Å². The maximum Gasteiger partial charge on any atom is 0.238 e. The van der Waals surface area contributed by atoms with Gasteiger partial charge >= 0.3 is 0 Å². The summed E-state index contributed by atoms with van der Waals surface area (Å²) in [6, 6.07) is 1.81. The number of carbonyl (C=O) groups is 1. The van der Waals surface area contributed by atoms with Gasteiger partial charge in [-0.15, -0.1) is 0 Å². The van der Waals surface area contributed by atoms with Crippen molar-refractivity contribution >= 4 is 28.9 Å². The molecule has 0 spiro atoms. The molecule has 0 aliphatic heterocycles. The molecule has 6 heteroatoms. The lowest BCUT2D eigenvalue weighted by Crippen LogP contribution is -2.45. The largest absolute Gasteiger partial charge is 0.392 e. The summed E-state index contributed by atoms with van der Waals surface area (Å²) < 4.78 is 1.63. The Labute approximate surface area is 113 Å². The minimum Gasteiger partial charge on any atom is -0.392 e. The zero-order valence-corrected chi connectivity index (χ0v) is 12.1. The lowest BCUT2D eigenvalue weighted by atomic mass is 9.81. The summed E-state index contributed by atoms with van der Waals surface area (Å²) in [5.74, 6) is 0.489. The van der Waals surface area contributed by atoms with Crippen molar-refractivity contribution in [3.63, 3.8) is 0 Å². The van der Waals surface area contributed by atoms with Gasteiger partial charge in [0.05, 0.1) is 16.1 Å². The van der Waals surface area contributed by atoms with Gasteiger partial charge in [0.1, 0.15) is 5.82 Å². The minimum absolute atomic E-state index is 0.164. The Morgan fingerprint density at radius 2 is 2.11 bits per heavy atom. The molecule has 0 saturated heterocycles. The molecule has 1 rings (SSSR count). The van der Waals surface area contributed by atoms with Gasteiger partial charge in [0.2, 0.25) is 5.91 Å². The Bertz CT molecular complexity index is 463. The van der Waals surface area contributed by atoms with Crippen molar-refractivity contribution < 1.29 is 4.79 Å². The maximum atomic E-state index is 12.4. The number of aromatic nitrogens is 2. The molecule has 0 fully saturated rings. The van der Waals surface area contributed by atoms with Gasteiger partial charge in [-0.2, -0.15) is 5.10 Å². The van der Waals surface area contributed by atoms with Crippen LogP contribution in [-0.4, -0.2) is 20.7 Å². The number of hydrogen-bond donors (Lipinski definition) is 2. The van der Waals surface area contributed by atoms with Crippen LogP contribution in [0, 0.1) is 12.3 Å². The van der Waals surface area contributed by atoms with E-state index < -0.39 is 5.41 Å². The van der Waals surface area contributed by atoms with Crippen molar-refractivity contribution in [2.75, 3.05) is 5.32 Å². The van der Waals surface area contributed by atoms with E-state index in [0.717, 1.165) is 5.69 Å². The van der Waals surface area contributed by atoms with E-state index in [2.05, 4.69) is 10.4 Å². The molecule has 18 heavy (non-hydrogen) atoms. The van der Waals surface area contributed by atoms with Crippen molar-refractivity contribution in [2.24, 2.45) is 18.2 Å². The van der Waals surface area contributed by atoms with Gasteiger partial charge in [0, 0.05) is 13.1 Å². The van der Waals surface area contributed by atoms with Crippen LogP contribution in [-0.2, 0) is 11.8 Å². The van der Waals surface area contributed by atoms with Crippen molar-refractivity contribution in [2.45, 2.75) is 33.6 Å². The zero-order valence-electron chi connectivity index (χ0n) is 11.3. The number of nitrogens with zero attached hydrogens (tertiary/aromatic N) is 2. The first-order chi connectivity index (χ1) is 8.37. The minimum atomic E-state index is -0.784. The van der Waals surface area contributed by atoms with Gasteiger partial charge in [0.15, 0.2) is 0 Å². The third kappa shape index (κ3) is 2.53. The fourth-order valence-electron chi connectivity index (χ4n) is 2.00. The molecule has 0 aliphatic rings. The molecule has 5 nitrogen and oxygen atoms in total. The lowest BCUT2D eigenvalue weighted by Gasteiger charge is -2.28. The highest BCUT2D eigenvalue weighted by Crippen LogP contribution is 2.28. The molecule has 1 aromatic rings. The average Bonchev–Trinajstić information content (AvgIpc) is 2.59. The van der Waals surface area contributed by atoms with Crippen LogP contribution in [0.5, 0.6) is 0 Å². The summed E-state index contributed by atoms with van der Waals surface area (Å²) in [6.07, 6.45) is 1.17. The lowest BCUT2D eigenvalue weighted by molar-refractivity contribution is -0.122. The molecular formula is C12H20N4OS. The van der Waals surface area contributed by atoms with E-state index in [1.54, 1.807) is 11.7 Å². The molecule has 0 saturated carbocycles. The van der Waals surface area contributed by atoms with Gasteiger partial charge in [-0.1, -0.05) is 26.1 Å². The van der Waals surface area contributed by atoms with E-state index in [4.69, 9.17) is 18.0 Å². The third-order valence-corrected chi connectivity index (χ3v) is 3.75. The maximum absolute atomic E-state index is 12.4. The van der Waals surface area contributed by atoms with Crippen LogP contribution >= 0.6 is 12.2 Å². The number of hydrogen-bond acceptors (Lipinski definition) is 3. The first-order valence-electron chi connectivity index (χ1n) is 5.99. The van der Waals surface area contributed by atoms with Crippen LogP contribution in [0.2, 0.25) is 0 Å². The second kappa shape index (κ2) is 5.48. The number of nitrogens with one attached hydrogen (secondary N) is 1. The fraction of sp³-hybridized carbons (Fsp3) is 0.583. The highest BCUT2D eigenvalue weighted by atomic mass is 32.1. The van der Waals surface area contributed by atoms with Crippen molar-refractivity contribution in [1.82, 2.24) is 9.78 Å². The number of aryl methyl sites for hydroxylation is 2. The van der Waals surface area contributed by atoms with Gasteiger partial charge in [-0.05, 0) is 19.8 Å². The summed E-state index contributed by atoms with van der Waals surface area (Å²) in [5, 5.41) is 7.03. The molecule has 0 atom stereocenters. The summed E-state index contributed by atoms with van der Waals surface area (Å²) in [5.41, 5.74) is 5.80. The quantitative estimate of drug-likeness (QED) is 0.798. The van der Waals surface area contributed by atoms with Gasteiger partial charge in [0.25, 0.3) is 0 Å². The zero-order chi connectivity index (χ0) is 13.9. The van der Waals surface area contributed by atoms with Gasteiger partial charge in [-0.3, -0.25) is 9.48 Å². The highest BCUT2D eigenvalue weighted by molar-refractivity contribution is 7.80. The molecule has 100 valence electrons. The van der Waals surface area contributed by atoms with E-state index in [0.29, 0.717) is 18.7 Å². The smallest absolute Gasteiger partial charge is 0.238 e. The molecule has 0 aliphatic carbocycles. The topological polar surface area (TPSA) is 72.9 Å². The van der Waals surface area contributed by atoms with E-state index in [1.807, 2.05) is 26.8 Å². The van der Waals surface area contributed by atoms with Crippen LogP contribution in [0.3, 0.4) is 0 Å². The monoisotopic (exact) mass is 268 g/mol. The Morgan fingerprint density at radius 3 is 2.44 bits per heavy atom. The summed E-state index contributed by atoms with van der Waals surface area (Å²) in [4.78, 5) is 12.6. The molecule has 0 aromatic carbocycles. The highest BCUT2D eigenvalue weighted by Gasteiger charge is 2.38. The number of carbonyl (C=O) groups excluding carboxylic acids is 1. The number of rotatable bonds is 5.